The molecule has 3 rings (SSSR count). The fraction of sp³-hybridized carbons (Fsp3) is 0.692. The van der Waals surface area contributed by atoms with Crippen LogP contribution in [0.1, 0.15) is 31.4 Å². The van der Waals surface area contributed by atoms with Crippen LogP contribution >= 0.6 is 0 Å². The zero-order valence-corrected chi connectivity index (χ0v) is 10.9. The van der Waals surface area contributed by atoms with E-state index in [1.54, 1.807) is 0 Å². The van der Waals surface area contributed by atoms with E-state index in [-0.39, 0.29) is 0 Å². The number of aromatic nitrogens is 2. The maximum absolute atomic E-state index is 5.38. The highest BCUT2D eigenvalue weighted by Crippen LogP contribution is 2.40. The summed E-state index contributed by atoms with van der Waals surface area (Å²) in [5, 5.41) is 3.30. The minimum Gasteiger partial charge on any atom is -0.378 e. The van der Waals surface area contributed by atoms with Gasteiger partial charge in [0.2, 0.25) is 5.95 Å². The number of anilines is 2. The van der Waals surface area contributed by atoms with Crippen LogP contribution in [-0.2, 0) is 4.74 Å². The van der Waals surface area contributed by atoms with Gasteiger partial charge in [-0.1, -0.05) is 0 Å². The van der Waals surface area contributed by atoms with Crippen molar-refractivity contribution in [3.05, 3.63) is 11.8 Å². The third kappa shape index (κ3) is 2.56. The average Bonchev–Trinajstić information content (AvgIpc) is 3.24. The monoisotopic (exact) mass is 248 g/mol. The van der Waals surface area contributed by atoms with Crippen LogP contribution in [0.25, 0.3) is 0 Å². The summed E-state index contributed by atoms with van der Waals surface area (Å²) in [6.45, 7) is 6.30. The van der Waals surface area contributed by atoms with E-state index in [4.69, 9.17) is 9.72 Å². The molecule has 1 aromatic rings. The molecule has 5 heteroatoms. The Kier molecular flexibility index (Phi) is 3.32. The summed E-state index contributed by atoms with van der Waals surface area (Å²) in [5.74, 6) is 2.47. The van der Waals surface area contributed by atoms with E-state index >= 15 is 0 Å². The van der Waals surface area contributed by atoms with Gasteiger partial charge in [0, 0.05) is 31.6 Å². The Morgan fingerprint density at radius 2 is 2.11 bits per heavy atom. The molecule has 1 saturated heterocycles. The summed E-state index contributed by atoms with van der Waals surface area (Å²) in [5.41, 5.74) is 1.20. The first-order valence-electron chi connectivity index (χ1n) is 6.82. The van der Waals surface area contributed by atoms with Crippen LogP contribution < -0.4 is 10.2 Å². The Morgan fingerprint density at radius 1 is 1.33 bits per heavy atom. The fourth-order valence-electron chi connectivity index (χ4n) is 2.22. The van der Waals surface area contributed by atoms with Crippen LogP contribution in [0, 0.1) is 0 Å². The number of nitrogens with zero attached hydrogens (tertiary/aromatic N) is 3. The summed E-state index contributed by atoms with van der Waals surface area (Å²) >= 11 is 0. The van der Waals surface area contributed by atoms with Crippen molar-refractivity contribution in [1.29, 1.82) is 0 Å². The molecular weight excluding hydrogens is 228 g/mol. The molecule has 2 heterocycles. The van der Waals surface area contributed by atoms with E-state index in [0.29, 0.717) is 5.92 Å². The summed E-state index contributed by atoms with van der Waals surface area (Å²) < 4.78 is 5.38. The van der Waals surface area contributed by atoms with Gasteiger partial charge in [-0.3, -0.25) is 0 Å². The highest BCUT2D eigenvalue weighted by atomic mass is 16.5. The van der Waals surface area contributed by atoms with E-state index in [2.05, 4.69) is 28.2 Å². The highest BCUT2D eigenvalue weighted by Gasteiger charge is 2.27. The Balaban J connectivity index is 1.86. The van der Waals surface area contributed by atoms with Gasteiger partial charge in [0.15, 0.2) is 0 Å². The number of nitrogens with one attached hydrogen (secondary N) is 1. The number of hydrogen-bond acceptors (Lipinski definition) is 5. The largest absolute Gasteiger partial charge is 0.378 e. The molecule has 0 aromatic carbocycles. The van der Waals surface area contributed by atoms with E-state index in [0.717, 1.165) is 44.6 Å². The van der Waals surface area contributed by atoms with E-state index < -0.39 is 0 Å². The van der Waals surface area contributed by atoms with Crippen molar-refractivity contribution in [1.82, 2.24) is 9.97 Å². The van der Waals surface area contributed by atoms with Gasteiger partial charge < -0.3 is 15.0 Å². The molecule has 18 heavy (non-hydrogen) atoms. The van der Waals surface area contributed by atoms with Crippen LogP contribution in [-0.4, -0.2) is 42.8 Å². The van der Waals surface area contributed by atoms with Crippen molar-refractivity contribution >= 4 is 11.8 Å². The normalized spacial score (nSPS) is 19.9. The molecule has 2 fully saturated rings. The first-order chi connectivity index (χ1) is 8.86. The fourth-order valence-corrected chi connectivity index (χ4v) is 2.22. The summed E-state index contributed by atoms with van der Waals surface area (Å²) in [6.07, 6.45) is 2.54. The Bertz CT molecular complexity index is 413. The van der Waals surface area contributed by atoms with Gasteiger partial charge in [-0.25, -0.2) is 4.98 Å². The smallest absolute Gasteiger partial charge is 0.227 e. The maximum Gasteiger partial charge on any atom is 0.227 e. The molecule has 1 aromatic heterocycles. The van der Waals surface area contributed by atoms with Gasteiger partial charge in [-0.15, -0.1) is 0 Å². The number of morpholine rings is 1. The molecule has 0 radical (unpaired) electrons. The number of ether oxygens (including phenoxy) is 1. The lowest BCUT2D eigenvalue weighted by molar-refractivity contribution is 0.122. The van der Waals surface area contributed by atoms with Crippen LogP contribution in [0.4, 0.5) is 11.8 Å². The molecule has 0 unspecified atom stereocenters. The Hall–Kier alpha value is -1.36. The van der Waals surface area contributed by atoms with E-state index in [1.165, 1.54) is 18.5 Å². The SMILES string of the molecule is CCNc1cc(C2CC2)nc(N2CCOCC2)n1. The van der Waals surface area contributed by atoms with Crippen LogP contribution in [0.2, 0.25) is 0 Å². The minimum absolute atomic E-state index is 0.658. The molecule has 0 atom stereocenters. The minimum atomic E-state index is 0.658. The van der Waals surface area contributed by atoms with Crippen molar-refractivity contribution in [2.75, 3.05) is 43.1 Å². The van der Waals surface area contributed by atoms with Crippen molar-refractivity contribution in [3.63, 3.8) is 0 Å². The quantitative estimate of drug-likeness (QED) is 0.877. The van der Waals surface area contributed by atoms with E-state index in [1.807, 2.05) is 0 Å². The van der Waals surface area contributed by atoms with Gasteiger partial charge in [0.1, 0.15) is 5.82 Å². The lowest BCUT2D eigenvalue weighted by Gasteiger charge is -2.27. The molecular formula is C13H20N4O. The van der Waals surface area contributed by atoms with Crippen molar-refractivity contribution in [2.24, 2.45) is 0 Å². The first-order valence-corrected chi connectivity index (χ1v) is 6.82. The van der Waals surface area contributed by atoms with Crippen molar-refractivity contribution in [3.8, 4) is 0 Å². The molecule has 2 aliphatic rings. The molecule has 1 saturated carbocycles. The van der Waals surface area contributed by atoms with Gasteiger partial charge >= 0.3 is 0 Å². The van der Waals surface area contributed by atoms with Crippen molar-refractivity contribution < 1.29 is 4.74 Å². The molecule has 1 aliphatic heterocycles. The van der Waals surface area contributed by atoms with Gasteiger partial charge in [0.05, 0.1) is 18.9 Å². The second-order valence-corrected chi connectivity index (χ2v) is 4.88. The molecule has 0 bridgehead atoms. The lowest BCUT2D eigenvalue weighted by Crippen LogP contribution is -2.37. The summed E-state index contributed by atoms with van der Waals surface area (Å²) in [6, 6.07) is 2.10. The topological polar surface area (TPSA) is 50.3 Å². The summed E-state index contributed by atoms with van der Waals surface area (Å²) in [4.78, 5) is 11.5. The van der Waals surface area contributed by atoms with Crippen LogP contribution in [0.3, 0.4) is 0 Å². The summed E-state index contributed by atoms with van der Waals surface area (Å²) in [7, 11) is 0. The van der Waals surface area contributed by atoms with Gasteiger partial charge in [0.25, 0.3) is 0 Å². The standard InChI is InChI=1S/C13H20N4O/c1-2-14-12-9-11(10-3-4-10)15-13(16-12)17-5-7-18-8-6-17/h9-10H,2-8H2,1H3,(H,14,15,16). The zero-order chi connectivity index (χ0) is 12.4. The molecule has 0 spiro atoms. The first kappa shape index (κ1) is 11.7. The van der Waals surface area contributed by atoms with Crippen molar-refractivity contribution in [2.45, 2.75) is 25.7 Å². The zero-order valence-electron chi connectivity index (χ0n) is 10.9. The number of hydrogen-bond donors (Lipinski definition) is 1. The second kappa shape index (κ2) is 5.10. The second-order valence-electron chi connectivity index (χ2n) is 4.88. The average molecular weight is 248 g/mol. The number of rotatable bonds is 4. The molecule has 1 N–H and O–H groups in total. The third-order valence-corrected chi connectivity index (χ3v) is 3.38. The predicted molar refractivity (Wildman–Crippen MR) is 71.2 cm³/mol. The molecule has 0 amide bonds. The molecule has 98 valence electrons. The van der Waals surface area contributed by atoms with Gasteiger partial charge in [-0.2, -0.15) is 4.98 Å². The van der Waals surface area contributed by atoms with Gasteiger partial charge in [-0.05, 0) is 19.8 Å². The Morgan fingerprint density at radius 3 is 2.78 bits per heavy atom. The Labute approximate surface area is 108 Å². The van der Waals surface area contributed by atoms with E-state index in [9.17, 15) is 0 Å². The van der Waals surface area contributed by atoms with Crippen LogP contribution in [0.15, 0.2) is 6.07 Å². The third-order valence-electron chi connectivity index (χ3n) is 3.38. The lowest BCUT2D eigenvalue weighted by atomic mass is 10.2. The maximum atomic E-state index is 5.38. The predicted octanol–water partition coefficient (Wildman–Crippen LogP) is 1.62. The molecule has 1 aliphatic carbocycles. The molecule has 5 nitrogen and oxygen atoms in total. The van der Waals surface area contributed by atoms with Crippen LogP contribution in [0.5, 0.6) is 0 Å². The highest BCUT2D eigenvalue weighted by molar-refractivity contribution is 5.45.